The van der Waals surface area contributed by atoms with Gasteiger partial charge in [0.15, 0.2) is 17.2 Å². The molecule has 1 aromatic carbocycles. The number of aromatic nitrogens is 4. The largest absolute Gasteiger partial charge is 0.505 e. The van der Waals surface area contributed by atoms with Crippen molar-refractivity contribution in [3.63, 3.8) is 0 Å². The van der Waals surface area contributed by atoms with Crippen LogP contribution in [0.1, 0.15) is 37.8 Å². The number of hydrogen-bond acceptors (Lipinski definition) is 9. The van der Waals surface area contributed by atoms with Crippen LogP contribution in [-0.2, 0) is 10.0 Å². The SMILES string of the molecule is O=c1[nH]c(=O)n(-c2cc(Cl)c(Oc3cc(S(=O)(=O)N[C@H]4CC[C@@H](O)CC4)c(O)cn3)c(Cl)c2)nc1C(F)F. The van der Waals surface area contributed by atoms with E-state index in [0.29, 0.717) is 30.4 Å². The minimum Gasteiger partial charge on any atom is -0.505 e. The number of pyridine rings is 1. The van der Waals surface area contributed by atoms with Crippen molar-refractivity contribution >= 4 is 33.2 Å². The van der Waals surface area contributed by atoms with Gasteiger partial charge in [0.1, 0.15) is 4.90 Å². The Kier molecular flexibility index (Phi) is 8.04. The standard InChI is InChI=1S/C21H19Cl2F2N5O7S/c22-12-5-10(30-21(34)27-20(33)17(28-30)19(24)25)6-13(23)18(12)37-16-7-15(14(32)8-26-16)38(35,36)29-9-1-3-11(31)4-2-9/h5-9,11,19,29,31-32H,1-4H2,(H,27,33,34)/t9-,11+. The van der Waals surface area contributed by atoms with Gasteiger partial charge < -0.3 is 14.9 Å². The van der Waals surface area contributed by atoms with Gasteiger partial charge >= 0.3 is 5.69 Å². The van der Waals surface area contributed by atoms with Gasteiger partial charge in [-0.2, -0.15) is 9.78 Å². The Morgan fingerprint density at radius 3 is 2.37 bits per heavy atom. The molecule has 0 aliphatic heterocycles. The van der Waals surface area contributed by atoms with Crippen LogP contribution in [-0.4, -0.2) is 50.5 Å². The Morgan fingerprint density at radius 1 is 1.13 bits per heavy atom. The Morgan fingerprint density at radius 2 is 1.76 bits per heavy atom. The van der Waals surface area contributed by atoms with Crippen molar-refractivity contribution in [2.45, 2.75) is 49.2 Å². The van der Waals surface area contributed by atoms with Crippen molar-refractivity contribution in [2.24, 2.45) is 0 Å². The van der Waals surface area contributed by atoms with Crippen LogP contribution in [0.2, 0.25) is 10.0 Å². The number of hydrogen-bond donors (Lipinski definition) is 4. The molecule has 17 heteroatoms. The molecular weight excluding hydrogens is 575 g/mol. The van der Waals surface area contributed by atoms with Crippen LogP contribution in [0.5, 0.6) is 17.4 Å². The minimum atomic E-state index is -4.21. The molecule has 3 aromatic rings. The van der Waals surface area contributed by atoms with E-state index in [9.17, 15) is 37.0 Å². The van der Waals surface area contributed by atoms with Gasteiger partial charge in [0.2, 0.25) is 15.9 Å². The first-order valence-corrected chi connectivity index (χ1v) is 13.2. The van der Waals surface area contributed by atoms with Gasteiger partial charge in [-0.05, 0) is 37.8 Å². The number of rotatable bonds is 7. The molecule has 1 saturated carbocycles. The number of halogens is 4. The summed E-state index contributed by atoms with van der Waals surface area (Å²) in [5.74, 6) is -1.20. The van der Waals surface area contributed by atoms with Crippen LogP contribution >= 0.6 is 23.2 Å². The van der Waals surface area contributed by atoms with E-state index >= 15 is 0 Å². The third-order valence-electron chi connectivity index (χ3n) is 5.62. The predicted molar refractivity (Wildman–Crippen MR) is 130 cm³/mol. The van der Waals surface area contributed by atoms with Gasteiger partial charge in [0.05, 0.1) is 28.0 Å². The van der Waals surface area contributed by atoms with Crippen LogP contribution in [0.15, 0.2) is 38.9 Å². The zero-order chi connectivity index (χ0) is 27.8. The van der Waals surface area contributed by atoms with E-state index in [0.717, 1.165) is 24.4 Å². The lowest BCUT2D eigenvalue weighted by molar-refractivity contribution is 0.120. The van der Waals surface area contributed by atoms with E-state index in [2.05, 4.69) is 14.8 Å². The Balaban J connectivity index is 1.63. The highest BCUT2D eigenvalue weighted by Gasteiger charge is 2.28. The first-order chi connectivity index (χ1) is 17.9. The average Bonchev–Trinajstić information content (AvgIpc) is 2.83. The molecule has 38 heavy (non-hydrogen) atoms. The molecule has 0 radical (unpaired) electrons. The third-order valence-corrected chi connectivity index (χ3v) is 7.73. The fourth-order valence-electron chi connectivity index (χ4n) is 3.76. The monoisotopic (exact) mass is 593 g/mol. The number of ether oxygens (including phenoxy) is 1. The maximum Gasteiger partial charge on any atom is 0.349 e. The molecular formula is C21H19Cl2F2N5O7S. The molecule has 12 nitrogen and oxygen atoms in total. The molecule has 0 amide bonds. The number of aromatic amines is 1. The number of aliphatic hydroxyl groups excluding tert-OH is 1. The summed E-state index contributed by atoms with van der Waals surface area (Å²) in [6, 6.07) is 2.68. The van der Waals surface area contributed by atoms with Crippen molar-refractivity contribution in [3.05, 3.63) is 61.0 Å². The highest BCUT2D eigenvalue weighted by Crippen LogP contribution is 2.38. The molecule has 1 fully saturated rings. The van der Waals surface area contributed by atoms with Crippen molar-refractivity contribution < 1.29 is 32.1 Å². The summed E-state index contributed by atoms with van der Waals surface area (Å²) in [4.78, 5) is 28.7. The Labute approximate surface area is 222 Å². The zero-order valence-corrected chi connectivity index (χ0v) is 21.4. The van der Waals surface area contributed by atoms with Gasteiger partial charge in [-0.25, -0.2) is 31.7 Å². The minimum absolute atomic E-state index is 0.181. The highest BCUT2D eigenvalue weighted by atomic mass is 35.5. The Hall–Kier alpha value is -3.11. The van der Waals surface area contributed by atoms with Gasteiger partial charge in [-0.1, -0.05) is 23.2 Å². The summed E-state index contributed by atoms with van der Waals surface area (Å²) < 4.78 is 60.4. The fourth-order valence-corrected chi connectivity index (χ4v) is 5.70. The zero-order valence-electron chi connectivity index (χ0n) is 19.1. The normalized spacial score (nSPS) is 18.1. The van der Waals surface area contributed by atoms with Crippen LogP contribution in [0, 0.1) is 0 Å². The quantitative estimate of drug-likeness (QED) is 0.320. The first-order valence-electron chi connectivity index (χ1n) is 10.9. The number of benzene rings is 1. The lowest BCUT2D eigenvalue weighted by atomic mass is 9.94. The number of aliphatic hydroxyl groups is 1. The lowest BCUT2D eigenvalue weighted by Crippen LogP contribution is -2.38. The summed E-state index contributed by atoms with van der Waals surface area (Å²) in [6.45, 7) is 0. The van der Waals surface area contributed by atoms with E-state index in [1.807, 2.05) is 0 Å². The average molecular weight is 594 g/mol. The van der Waals surface area contributed by atoms with Crippen molar-refractivity contribution in [2.75, 3.05) is 0 Å². The molecule has 0 saturated heterocycles. The third kappa shape index (κ3) is 5.96. The van der Waals surface area contributed by atoms with Crippen molar-refractivity contribution in [3.8, 4) is 23.1 Å². The molecule has 0 spiro atoms. The Bertz CT molecular complexity index is 1570. The summed E-state index contributed by atoms with van der Waals surface area (Å²) in [7, 11) is -4.21. The summed E-state index contributed by atoms with van der Waals surface area (Å²) in [6.07, 6.45) is -1.21. The van der Waals surface area contributed by atoms with Crippen molar-refractivity contribution in [1.82, 2.24) is 24.5 Å². The molecule has 1 aliphatic carbocycles. The second kappa shape index (κ2) is 10.9. The van der Waals surface area contributed by atoms with Crippen LogP contribution in [0.3, 0.4) is 0 Å². The summed E-state index contributed by atoms with van der Waals surface area (Å²) in [5, 5.41) is 22.6. The van der Waals surface area contributed by atoms with E-state index < -0.39 is 56.2 Å². The summed E-state index contributed by atoms with van der Waals surface area (Å²) in [5.41, 5.74) is -3.86. The number of alkyl halides is 2. The number of sulfonamides is 1. The van der Waals surface area contributed by atoms with Gasteiger partial charge in [0.25, 0.3) is 12.0 Å². The number of nitrogens with one attached hydrogen (secondary N) is 2. The van der Waals surface area contributed by atoms with Crippen LogP contribution in [0.4, 0.5) is 8.78 Å². The molecule has 0 bridgehead atoms. The van der Waals surface area contributed by atoms with Crippen molar-refractivity contribution in [1.29, 1.82) is 0 Å². The molecule has 1 aliphatic rings. The first kappa shape index (κ1) is 27.9. The van der Waals surface area contributed by atoms with Gasteiger partial charge in [0, 0.05) is 12.1 Å². The highest BCUT2D eigenvalue weighted by molar-refractivity contribution is 7.89. The number of aromatic hydroxyl groups is 1. The second-order valence-corrected chi connectivity index (χ2v) is 10.8. The number of nitrogens with zero attached hydrogens (tertiary/aromatic N) is 3. The molecule has 0 unspecified atom stereocenters. The molecule has 4 N–H and O–H groups in total. The topological polar surface area (TPSA) is 176 Å². The molecule has 0 atom stereocenters. The van der Waals surface area contributed by atoms with Gasteiger partial charge in [-0.15, -0.1) is 0 Å². The molecule has 2 heterocycles. The van der Waals surface area contributed by atoms with Crippen LogP contribution < -0.4 is 20.7 Å². The second-order valence-electron chi connectivity index (χ2n) is 8.31. The number of H-pyrrole nitrogens is 1. The van der Waals surface area contributed by atoms with E-state index in [-0.39, 0.29) is 27.4 Å². The fraction of sp³-hybridized carbons (Fsp3) is 0.333. The molecule has 2 aromatic heterocycles. The lowest BCUT2D eigenvalue weighted by Gasteiger charge is -2.26. The summed E-state index contributed by atoms with van der Waals surface area (Å²) >= 11 is 12.4. The smallest absolute Gasteiger partial charge is 0.349 e. The van der Waals surface area contributed by atoms with Gasteiger partial charge in [-0.3, -0.25) is 9.78 Å². The van der Waals surface area contributed by atoms with E-state index in [4.69, 9.17) is 27.9 Å². The van der Waals surface area contributed by atoms with Crippen LogP contribution in [0.25, 0.3) is 5.69 Å². The maximum absolute atomic E-state index is 13.1. The molecule has 4 rings (SSSR count). The predicted octanol–water partition coefficient (Wildman–Crippen LogP) is 2.64. The maximum atomic E-state index is 13.1. The van der Waals surface area contributed by atoms with E-state index in [1.165, 1.54) is 0 Å². The molecule has 204 valence electrons. The van der Waals surface area contributed by atoms with E-state index in [1.54, 1.807) is 4.98 Å².